The highest BCUT2D eigenvalue weighted by molar-refractivity contribution is 7.90. The molecule has 3 N–H and O–H groups in total. The van der Waals surface area contributed by atoms with Crippen LogP contribution in [0.15, 0.2) is 0 Å². The first-order valence-electron chi connectivity index (χ1n) is 5.82. The average Bonchev–Trinajstić information content (AvgIpc) is 2.18. The van der Waals surface area contributed by atoms with E-state index in [0.717, 1.165) is 12.8 Å². The largest absolute Gasteiger partial charge is 0.378 e. The fraction of sp³-hybridized carbons (Fsp3) is 1.00. The van der Waals surface area contributed by atoms with Crippen LogP contribution >= 0.6 is 0 Å². The molecule has 5 nitrogen and oxygen atoms in total. The Labute approximate surface area is 97.8 Å². The van der Waals surface area contributed by atoms with Gasteiger partial charge in [0.2, 0.25) is 10.0 Å². The predicted octanol–water partition coefficient (Wildman–Crippen LogP) is 0.211. The SMILES string of the molecule is CCC(CN)S(=O)(=O)NC1CCOC(C)C1. The van der Waals surface area contributed by atoms with Gasteiger partial charge in [0.15, 0.2) is 0 Å². The van der Waals surface area contributed by atoms with Gasteiger partial charge >= 0.3 is 0 Å². The quantitative estimate of drug-likeness (QED) is 0.731. The maximum absolute atomic E-state index is 11.9. The molecule has 0 aromatic rings. The van der Waals surface area contributed by atoms with Gasteiger partial charge in [0.1, 0.15) is 0 Å². The van der Waals surface area contributed by atoms with Crippen LogP contribution in [0.3, 0.4) is 0 Å². The lowest BCUT2D eigenvalue weighted by atomic mass is 10.1. The molecule has 0 bridgehead atoms. The van der Waals surface area contributed by atoms with E-state index in [1.807, 2.05) is 13.8 Å². The molecule has 0 amide bonds. The van der Waals surface area contributed by atoms with E-state index in [2.05, 4.69) is 4.72 Å². The Morgan fingerprint density at radius 3 is 2.75 bits per heavy atom. The molecule has 1 rings (SSSR count). The van der Waals surface area contributed by atoms with Gasteiger partial charge < -0.3 is 10.5 Å². The van der Waals surface area contributed by atoms with E-state index in [0.29, 0.717) is 13.0 Å². The van der Waals surface area contributed by atoms with Gasteiger partial charge in [-0.2, -0.15) is 0 Å². The third-order valence-electron chi connectivity index (χ3n) is 2.97. The summed E-state index contributed by atoms with van der Waals surface area (Å²) in [5, 5.41) is -0.481. The second kappa shape index (κ2) is 5.95. The van der Waals surface area contributed by atoms with E-state index >= 15 is 0 Å². The standard InChI is InChI=1S/C10H22N2O3S/c1-3-10(7-11)16(13,14)12-9-4-5-15-8(2)6-9/h8-10,12H,3-7,11H2,1-2H3. The summed E-state index contributed by atoms with van der Waals surface area (Å²) in [6, 6.07) is -0.00523. The molecule has 6 heteroatoms. The lowest BCUT2D eigenvalue weighted by Crippen LogP contribution is -2.46. The summed E-state index contributed by atoms with van der Waals surface area (Å²) in [7, 11) is -3.28. The molecule has 0 aromatic carbocycles. The van der Waals surface area contributed by atoms with Gasteiger partial charge in [-0.3, -0.25) is 0 Å². The number of hydrogen-bond donors (Lipinski definition) is 2. The smallest absolute Gasteiger partial charge is 0.215 e. The van der Waals surface area contributed by atoms with Crippen LogP contribution in [-0.4, -0.2) is 39.0 Å². The Kier molecular flexibility index (Phi) is 5.17. The monoisotopic (exact) mass is 250 g/mol. The summed E-state index contributed by atoms with van der Waals surface area (Å²) in [6.45, 7) is 4.59. The minimum Gasteiger partial charge on any atom is -0.378 e. The maximum atomic E-state index is 11.9. The topological polar surface area (TPSA) is 81.4 Å². The first-order chi connectivity index (χ1) is 7.49. The first kappa shape index (κ1) is 13.9. The molecule has 16 heavy (non-hydrogen) atoms. The normalized spacial score (nSPS) is 28.9. The summed E-state index contributed by atoms with van der Waals surface area (Å²) in [5.74, 6) is 0. The summed E-state index contributed by atoms with van der Waals surface area (Å²) >= 11 is 0. The number of nitrogens with one attached hydrogen (secondary N) is 1. The van der Waals surface area contributed by atoms with Gasteiger partial charge in [0.05, 0.1) is 11.4 Å². The molecule has 0 radical (unpaired) electrons. The number of sulfonamides is 1. The molecule has 3 unspecified atom stereocenters. The third-order valence-corrected chi connectivity index (χ3v) is 5.04. The lowest BCUT2D eigenvalue weighted by molar-refractivity contribution is 0.0173. The predicted molar refractivity (Wildman–Crippen MR) is 63.6 cm³/mol. The fourth-order valence-electron chi connectivity index (χ4n) is 1.95. The molecule has 3 atom stereocenters. The Morgan fingerprint density at radius 1 is 1.56 bits per heavy atom. The van der Waals surface area contributed by atoms with E-state index in [-0.39, 0.29) is 18.7 Å². The van der Waals surface area contributed by atoms with Crippen molar-refractivity contribution in [3.8, 4) is 0 Å². The van der Waals surface area contributed by atoms with Crippen LogP contribution in [0.4, 0.5) is 0 Å². The van der Waals surface area contributed by atoms with E-state index in [1.54, 1.807) is 0 Å². The second-order valence-electron chi connectivity index (χ2n) is 4.33. The van der Waals surface area contributed by atoms with E-state index in [9.17, 15) is 8.42 Å². The summed E-state index contributed by atoms with van der Waals surface area (Å²) in [6.07, 6.45) is 2.15. The highest BCUT2D eigenvalue weighted by Crippen LogP contribution is 2.15. The maximum Gasteiger partial charge on any atom is 0.215 e. The van der Waals surface area contributed by atoms with Gasteiger partial charge in [-0.15, -0.1) is 0 Å². The fourth-order valence-corrected chi connectivity index (χ4v) is 3.51. The van der Waals surface area contributed by atoms with Crippen molar-refractivity contribution in [2.45, 2.75) is 50.5 Å². The molecule has 1 saturated heterocycles. The van der Waals surface area contributed by atoms with Crippen molar-refractivity contribution in [3.05, 3.63) is 0 Å². The Hall–Kier alpha value is -0.170. The van der Waals surface area contributed by atoms with Crippen LogP contribution in [0, 0.1) is 0 Å². The molecule has 1 aliphatic heterocycles. The summed E-state index contributed by atoms with van der Waals surface area (Å²) in [5.41, 5.74) is 5.46. The molecular formula is C10H22N2O3S. The highest BCUT2D eigenvalue weighted by atomic mass is 32.2. The molecule has 0 spiro atoms. The zero-order chi connectivity index (χ0) is 12.2. The van der Waals surface area contributed by atoms with E-state index in [4.69, 9.17) is 10.5 Å². The van der Waals surface area contributed by atoms with Crippen molar-refractivity contribution in [2.75, 3.05) is 13.2 Å². The van der Waals surface area contributed by atoms with Crippen LogP contribution in [0.1, 0.15) is 33.1 Å². The average molecular weight is 250 g/mol. The number of ether oxygens (including phenoxy) is 1. The molecule has 1 aliphatic rings. The first-order valence-corrected chi connectivity index (χ1v) is 7.37. The van der Waals surface area contributed by atoms with Crippen molar-refractivity contribution >= 4 is 10.0 Å². The van der Waals surface area contributed by atoms with Gasteiger partial charge in [-0.25, -0.2) is 13.1 Å². The Balaban J connectivity index is 2.57. The number of nitrogens with two attached hydrogens (primary N) is 1. The van der Waals surface area contributed by atoms with Gasteiger partial charge in [0.25, 0.3) is 0 Å². The zero-order valence-electron chi connectivity index (χ0n) is 9.98. The molecule has 1 heterocycles. The summed E-state index contributed by atoms with van der Waals surface area (Å²) in [4.78, 5) is 0. The summed E-state index contributed by atoms with van der Waals surface area (Å²) < 4.78 is 32.0. The van der Waals surface area contributed by atoms with Crippen molar-refractivity contribution < 1.29 is 13.2 Å². The molecule has 0 aromatic heterocycles. The van der Waals surface area contributed by atoms with Crippen LogP contribution in [0.5, 0.6) is 0 Å². The molecular weight excluding hydrogens is 228 g/mol. The Morgan fingerprint density at radius 2 is 2.25 bits per heavy atom. The third kappa shape index (κ3) is 3.69. The Bertz CT molecular complexity index is 301. The van der Waals surface area contributed by atoms with Crippen LogP contribution in [-0.2, 0) is 14.8 Å². The van der Waals surface area contributed by atoms with Crippen LogP contribution in [0.2, 0.25) is 0 Å². The highest BCUT2D eigenvalue weighted by Gasteiger charge is 2.28. The molecule has 1 fully saturated rings. The van der Waals surface area contributed by atoms with Crippen molar-refractivity contribution in [2.24, 2.45) is 5.73 Å². The van der Waals surface area contributed by atoms with Gasteiger partial charge in [0, 0.05) is 19.2 Å². The van der Waals surface area contributed by atoms with Crippen molar-refractivity contribution in [1.29, 1.82) is 0 Å². The molecule has 0 saturated carbocycles. The van der Waals surface area contributed by atoms with E-state index < -0.39 is 15.3 Å². The molecule has 0 aliphatic carbocycles. The molecule has 96 valence electrons. The zero-order valence-corrected chi connectivity index (χ0v) is 10.8. The second-order valence-corrected chi connectivity index (χ2v) is 6.32. The van der Waals surface area contributed by atoms with Crippen LogP contribution < -0.4 is 10.5 Å². The van der Waals surface area contributed by atoms with Crippen molar-refractivity contribution in [3.63, 3.8) is 0 Å². The van der Waals surface area contributed by atoms with Gasteiger partial charge in [-0.1, -0.05) is 6.92 Å². The minimum absolute atomic E-state index is 0.00523. The lowest BCUT2D eigenvalue weighted by Gasteiger charge is -2.29. The van der Waals surface area contributed by atoms with Crippen molar-refractivity contribution in [1.82, 2.24) is 4.72 Å². The number of hydrogen-bond acceptors (Lipinski definition) is 4. The minimum atomic E-state index is -3.28. The van der Waals surface area contributed by atoms with E-state index in [1.165, 1.54) is 0 Å². The van der Waals surface area contributed by atoms with Crippen LogP contribution in [0.25, 0.3) is 0 Å². The number of rotatable bonds is 5. The van der Waals surface area contributed by atoms with Gasteiger partial charge in [-0.05, 0) is 26.2 Å².